The van der Waals surface area contributed by atoms with E-state index in [0.717, 1.165) is 18.1 Å². The molecule has 0 N–H and O–H groups in total. The van der Waals surface area contributed by atoms with Gasteiger partial charge in [0.15, 0.2) is 0 Å². The number of benzene rings is 1. The lowest BCUT2D eigenvalue weighted by Gasteiger charge is -2.07. The van der Waals surface area contributed by atoms with E-state index >= 15 is 0 Å². The summed E-state index contributed by atoms with van der Waals surface area (Å²) in [4.78, 5) is 0. The summed E-state index contributed by atoms with van der Waals surface area (Å²) in [7, 11) is 0. The first-order valence-electron chi connectivity index (χ1n) is 4.65. The van der Waals surface area contributed by atoms with Gasteiger partial charge in [-0.1, -0.05) is 25.1 Å². The van der Waals surface area contributed by atoms with E-state index in [2.05, 4.69) is 6.92 Å². The normalized spacial score (nSPS) is 26.3. The first-order valence-corrected chi connectivity index (χ1v) is 4.65. The van der Waals surface area contributed by atoms with Crippen LogP contribution in [-0.2, 0) is 6.18 Å². The molecule has 0 nitrogen and oxygen atoms in total. The third-order valence-electron chi connectivity index (χ3n) is 2.75. The van der Waals surface area contributed by atoms with Crippen molar-refractivity contribution in [1.29, 1.82) is 0 Å². The third kappa shape index (κ3) is 1.76. The molecule has 1 fully saturated rings. The fraction of sp³-hybridized carbons (Fsp3) is 0.455. The van der Waals surface area contributed by atoms with Crippen LogP contribution in [-0.4, -0.2) is 0 Å². The Morgan fingerprint density at radius 2 is 1.93 bits per heavy atom. The van der Waals surface area contributed by atoms with Gasteiger partial charge in [-0.15, -0.1) is 0 Å². The van der Waals surface area contributed by atoms with Crippen molar-refractivity contribution in [1.82, 2.24) is 0 Å². The van der Waals surface area contributed by atoms with E-state index in [1.807, 2.05) is 0 Å². The molecular formula is C11H11F3. The predicted molar refractivity (Wildman–Crippen MR) is 48.0 cm³/mol. The molecule has 0 saturated heterocycles. The summed E-state index contributed by atoms with van der Waals surface area (Å²) < 4.78 is 37.0. The van der Waals surface area contributed by atoms with Gasteiger partial charge in [-0.05, 0) is 29.9 Å². The zero-order valence-corrected chi connectivity index (χ0v) is 7.81. The second kappa shape index (κ2) is 3.01. The molecule has 1 aromatic rings. The molecule has 1 aliphatic carbocycles. The lowest BCUT2D eigenvalue weighted by Crippen LogP contribution is -2.04. The zero-order valence-electron chi connectivity index (χ0n) is 7.81. The van der Waals surface area contributed by atoms with Crippen molar-refractivity contribution in [2.45, 2.75) is 25.4 Å². The summed E-state index contributed by atoms with van der Waals surface area (Å²) >= 11 is 0. The van der Waals surface area contributed by atoms with Crippen LogP contribution >= 0.6 is 0 Å². The number of halogens is 3. The molecule has 0 heterocycles. The maximum atomic E-state index is 12.3. The van der Waals surface area contributed by atoms with Crippen LogP contribution in [0.2, 0.25) is 0 Å². The monoisotopic (exact) mass is 200 g/mol. The highest BCUT2D eigenvalue weighted by Gasteiger charge is 2.36. The zero-order chi connectivity index (χ0) is 10.3. The second-order valence-electron chi connectivity index (χ2n) is 3.94. The Balaban J connectivity index is 2.28. The molecule has 0 aliphatic heterocycles. The van der Waals surface area contributed by atoms with E-state index < -0.39 is 11.7 Å². The largest absolute Gasteiger partial charge is 0.416 e. The van der Waals surface area contributed by atoms with E-state index in [9.17, 15) is 13.2 Å². The van der Waals surface area contributed by atoms with Crippen LogP contribution in [0.5, 0.6) is 0 Å². The average molecular weight is 200 g/mol. The second-order valence-corrected chi connectivity index (χ2v) is 3.94. The Morgan fingerprint density at radius 1 is 1.29 bits per heavy atom. The van der Waals surface area contributed by atoms with E-state index in [0.29, 0.717) is 11.8 Å². The highest BCUT2D eigenvalue weighted by molar-refractivity contribution is 5.31. The Labute approximate surface area is 80.7 Å². The standard InChI is InChI=1S/C11H11F3/c1-7-5-10(7)8-3-2-4-9(6-8)11(12,13)14/h2-4,6-7,10H,5H2,1H3/t7-,10-/m1/s1. The van der Waals surface area contributed by atoms with Crippen LogP contribution in [0.1, 0.15) is 30.4 Å². The van der Waals surface area contributed by atoms with Gasteiger partial charge in [0.1, 0.15) is 0 Å². The SMILES string of the molecule is C[C@@H]1C[C@H]1c1cccc(C(F)(F)F)c1. The first kappa shape index (κ1) is 9.56. The summed E-state index contributed by atoms with van der Waals surface area (Å²) in [6.45, 7) is 2.06. The molecule has 0 amide bonds. The van der Waals surface area contributed by atoms with Crippen LogP contribution in [0.3, 0.4) is 0 Å². The quantitative estimate of drug-likeness (QED) is 0.646. The summed E-state index contributed by atoms with van der Waals surface area (Å²) in [5.41, 5.74) is 0.293. The smallest absolute Gasteiger partial charge is 0.166 e. The van der Waals surface area contributed by atoms with Gasteiger partial charge < -0.3 is 0 Å². The molecule has 1 aliphatic rings. The van der Waals surface area contributed by atoms with Gasteiger partial charge in [0.05, 0.1) is 5.56 Å². The minimum Gasteiger partial charge on any atom is -0.166 e. The van der Waals surface area contributed by atoms with Crippen molar-refractivity contribution < 1.29 is 13.2 Å². The van der Waals surface area contributed by atoms with Crippen molar-refractivity contribution in [3.05, 3.63) is 35.4 Å². The molecule has 0 aromatic heterocycles. The molecule has 3 heteroatoms. The Morgan fingerprint density at radius 3 is 2.43 bits per heavy atom. The van der Waals surface area contributed by atoms with Crippen molar-refractivity contribution in [3.63, 3.8) is 0 Å². The molecule has 2 atom stereocenters. The van der Waals surface area contributed by atoms with Crippen LogP contribution < -0.4 is 0 Å². The summed E-state index contributed by atoms with van der Waals surface area (Å²) in [5.74, 6) is 0.885. The predicted octanol–water partition coefficient (Wildman–Crippen LogP) is 3.83. The minimum atomic E-state index is -4.21. The Kier molecular flexibility index (Phi) is 2.05. The maximum Gasteiger partial charge on any atom is 0.416 e. The minimum absolute atomic E-state index is 0.345. The highest BCUT2D eigenvalue weighted by Crippen LogP contribution is 2.47. The molecule has 0 spiro atoms. The Hall–Kier alpha value is -0.990. The van der Waals surface area contributed by atoms with Gasteiger partial charge in [0.2, 0.25) is 0 Å². The van der Waals surface area contributed by atoms with Crippen molar-refractivity contribution in [2.75, 3.05) is 0 Å². The average Bonchev–Trinajstić information content (AvgIpc) is 2.82. The van der Waals surface area contributed by atoms with Gasteiger partial charge in [0, 0.05) is 0 Å². The lowest BCUT2D eigenvalue weighted by molar-refractivity contribution is -0.137. The third-order valence-corrected chi connectivity index (χ3v) is 2.75. The van der Waals surface area contributed by atoms with E-state index in [1.54, 1.807) is 6.07 Å². The lowest BCUT2D eigenvalue weighted by atomic mass is 10.1. The summed E-state index contributed by atoms with van der Waals surface area (Å²) in [6, 6.07) is 5.66. The van der Waals surface area contributed by atoms with E-state index in [4.69, 9.17) is 0 Å². The molecule has 0 unspecified atom stereocenters. The fourth-order valence-corrected chi connectivity index (χ4v) is 1.73. The summed E-state index contributed by atoms with van der Waals surface area (Å²) in [6.07, 6.45) is -3.20. The van der Waals surface area contributed by atoms with Crippen LogP contribution in [0.4, 0.5) is 13.2 Å². The molecule has 76 valence electrons. The van der Waals surface area contributed by atoms with E-state index in [-0.39, 0.29) is 0 Å². The molecule has 0 bridgehead atoms. The maximum absolute atomic E-state index is 12.3. The summed E-state index contributed by atoms with van der Waals surface area (Å²) in [5, 5.41) is 0. The number of hydrogen-bond acceptors (Lipinski definition) is 0. The van der Waals surface area contributed by atoms with Gasteiger partial charge >= 0.3 is 6.18 Å². The fourth-order valence-electron chi connectivity index (χ4n) is 1.73. The van der Waals surface area contributed by atoms with Gasteiger partial charge in [-0.25, -0.2) is 0 Å². The topological polar surface area (TPSA) is 0 Å². The first-order chi connectivity index (χ1) is 6.48. The molecule has 1 aromatic carbocycles. The highest BCUT2D eigenvalue weighted by atomic mass is 19.4. The van der Waals surface area contributed by atoms with Gasteiger partial charge in [-0.3, -0.25) is 0 Å². The van der Waals surface area contributed by atoms with Crippen molar-refractivity contribution >= 4 is 0 Å². The molecule has 2 rings (SSSR count). The molecule has 1 saturated carbocycles. The van der Waals surface area contributed by atoms with Crippen LogP contribution in [0.15, 0.2) is 24.3 Å². The van der Waals surface area contributed by atoms with Crippen molar-refractivity contribution in [3.8, 4) is 0 Å². The Bertz CT molecular complexity index is 341. The van der Waals surface area contributed by atoms with Crippen molar-refractivity contribution in [2.24, 2.45) is 5.92 Å². The number of hydrogen-bond donors (Lipinski definition) is 0. The van der Waals surface area contributed by atoms with Crippen LogP contribution in [0.25, 0.3) is 0 Å². The van der Waals surface area contributed by atoms with E-state index in [1.165, 1.54) is 12.1 Å². The van der Waals surface area contributed by atoms with Crippen LogP contribution in [0, 0.1) is 5.92 Å². The number of alkyl halides is 3. The molecule has 0 radical (unpaired) electrons. The number of rotatable bonds is 1. The van der Waals surface area contributed by atoms with Gasteiger partial charge in [0.25, 0.3) is 0 Å². The molecule has 14 heavy (non-hydrogen) atoms. The van der Waals surface area contributed by atoms with Gasteiger partial charge in [-0.2, -0.15) is 13.2 Å². The molecular weight excluding hydrogens is 189 g/mol.